The van der Waals surface area contributed by atoms with Gasteiger partial charge in [-0.3, -0.25) is 9.69 Å². The molecule has 2 N–H and O–H groups in total. The third kappa shape index (κ3) is 4.18. The summed E-state index contributed by atoms with van der Waals surface area (Å²) in [5, 5.41) is 12.4. The van der Waals surface area contributed by atoms with Crippen LogP contribution >= 0.6 is 11.6 Å². The fraction of sp³-hybridized carbons (Fsp3) is 0.500. The predicted octanol–water partition coefficient (Wildman–Crippen LogP) is 1.28. The number of anilines is 1. The first-order valence-corrected chi connectivity index (χ1v) is 6.97. The largest absolute Gasteiger partial charge is 0.394 e. The van der Waals surface area contributed by atoms with Crippen molar-refractivity contribution >= 4 is 23.2 Å². The Morgan fingerprint density at radius 2 is 2.40 bits per heavy atom. The van der Waals surface area contributed by atoms with Crippen molar-refractivity contribution in [2.45, 2.75) is 13.0 Å². The number of rotatable bonds is 4. The molecule has 1 unspecified atom stereocenters. The number of benzene rings is 1. The third-order valence-electron chi connectivity index (χ3n) is 3.19. The molecule has 0 saturated carbocycles. The Morgan fingerprint density at radius 3 is 3.10 bits per heavy atom. The monoisotopic (exact) mass is 298 g/mol. The summed E-state index contributed by atoms with van der Waals surface area (Å²) >= 11 is 6.08. The molecular weight excluding hydrogens is 280 g/mol. The lowest BCUT2D eigenvalue weighted by Gasteiger charge is -2.31. The normalized spacial score (nSPS) is 19.9. The number of carbonyl (C=O) groups is 1. The van der Waals surface area contributed by atoms with Crippen LogP contribution in [0.4, 0.5) is 5.69 Å². The number of hydrogen-bond acceptors (Lipinski definition) is 4. The van der Waals surface area contributed by atoms with Crippen LogP contribution in [0.3, 0.4) is 0 Å². The van der Waals surface area contributed by atoms with Crippen LogP contribution < -0.4 is 5.32 Å². The molecule has 5 nitrogen and oxygen atoms in total. The molecule has 20 heavy (non-hydrogen) atoms. The lowest BCUT2D eigenvalue weighted by molar-refractivity contribution is -0.120. The fourth-order valence-electron chi connectivity index (χ4n) is 2.15. The summed E-state index contributed by atoms with van der Waals surface area (Å²) in [6.07, 6.45) is -0.209. The van der Waals surface area contributed by atoms with Crippen LogP contribution in [0, 0.1) is 6.92 Å². The number of aryl methyl sites for hydroxylation is 1. The van der Waals surface area contributed by atoms with E-state index in [1.807, 2.05) is 24.0 Å². The van der Waals surface area contributed by atoms with Crippen molar-refractivity contribution in [2.24, 2.45) is 0 Å². The van der Waals surface area contributed by atoms with Crippen molar-refractivity contribution in [3.8, 4) is 0 Å². The molecular formula is C14H19ClN2O3. The van der Waals surface area contributed by atoms with Crippen LogP contribution in [0.1, 0.15) is 5.56 Å². The van der Waals surface area contributed by atoms with Gasteiger partial charge in [0, 0.05) is 13.1 Å². The van der Waals surface area contributed by atoms with E-state index in [4.69, 9.17) is 21.4 Å². The number of nitrogens with zero attached hydrogens (tertiary/aromatic N) is 1. The molecule has 0 bridgehead atoms. The molecule has 0 aliphatic carbocycles. The van der Waals surface area contributed by atoms with E-state index in [1.54, 1.807) is 6.07 Å². The molecule has 1 amide bonds. The number of nitrogens with one attached hydrogen (secondary N) is 1. The zero-order valence-electron chi connectivity index (χ0n) is 11.4. The Morgan fingerprint density at radius 1 is 1.60 bits per heavy atom. The highest BCUT2D eigenvalue weighted by Crippen LogP contribution is 2.22. The van der Waals surface area contributed by atoms with Gasteiger partial charge in [0.05, 0.1) is 36.6 Å². The van der Waals surface area contributed by atoms with Crippen molar-refractivity contribution in [1.29, 1.82) is 0 Å². The smallest absolute Gasteiger partial charge is 0.238 e. The first-order chi connectivity index (χ1) is 9.58. The van der Waals surface area contributed by atoms with Crippen LogP contribution in [0.5, 0.6) is 0 Å². The molecule has 1 heterocycles. The number of ether oxygens (including phenoxy) is 1. The summed E-state index contributed by atoms with van der Waals surface area (Å²) < 4.78 is 5.34. The minimum absolute atomic E-state index is 0.0259. The van der Waals surface area contributed by atoms with Gasteiger partial charge >= 0.3 is 0 Å². The van der Waals surface area contributed by atoms with E-state index in [2.05, 4.69) is 5.32 Å². The van der Waals surface area contributed by atoms with Gasteiger partial charge in [-0.2, -0.15) is 0 Å². The first-order valence-electron chi connectivity index (χ1n) is 6.59. The zero-order chi connectivity index (χ0) is 14.5. The predicted molar refractivity (Wildman–Crippen MR) is 78.1 cm³/mol. The maximum absolute atomic E-state index is 12.0. The number of morpholine rings is 1. The van der Waals surface area contributed by atoms with Gasteiger partial charge < -0.3 is 15.2 Å². The van der Waals surface area contributed by atoms with Crippen LogP contribution in [0.15, 0.2) is 18.2 Å². The van der Waals surface area contributed by atoms with Crippen molar-refractivity contribution in [2.75, 3.05) is 38.2 Å². The van der Waals surface area contributed by atoms with Gasteiger partial charge in [0.25, 0.3) is 0 Å². The van der Waals surface area contributed by atoms with E-state index < -0.39 is 0 Å². The number of halogens is 1. The molecule has 110 valence electrons. The lowest BCUT2D eigenvalue weighted by Crippen LogP contribution is -2.46. The average molecular weight is 299 g/mol. The Labute approximate surface area is 123 Å². The second kappa shape index (κ2) is 7.04. The van der Waals surface area contributed by atoms with E-state index >= 15 is 0 Å². The average Bonchev–Trinajstić information content (AvgIpc) is 2.42. The minimum Gasteiger partial charge on any atom is -0.394 e. The van der Waals surface area contributed by atoms with Gasteiger partial charge in [0.2, 0.25) is 5.91 Å². The van der Waals surface area contributed by atoms with Crippen molar-refractivity contribution in [1.82, 2.24) is 4.90 Å². The van der Waals surface area contributed by atoms with Gasteiger partial charge in [0.1, 0.15) is 0 Å². The number of aliphatic hydroxyl groups is 1. The maximum Gasteiger partial charge on any atom is 0.238 e. The number of amides is 1. The molecule has 0 spiro atoms. The topological polar surface area (TPSA) is 61.8 Å². The highest BCUT2D eigenvalue weighted by atomic mass is 35.5. The van der Waals surface area contributed by atoms with Crippen LogP contribution in [0.2, 0.25) is 5.02 Å². The molecule has 2 rings (SSSR count). The van der Waals surface area contributed by atoms with E-state index in [-0.39, 0.29) is 25.2 Å². The minimum atomic E-state index is -0.209. The van der Waals surface area contributed by atoms with Gasteiger partial charge in [-0.15, -0.1) is 0 Å². The maximum atomic E-state index is 12.0. The quantitative estimate of drug-likeness (QED) is 0.879. The van der Waals surface area contributed by atoms with Crippen LogP contribution in [0.25, 0.3) is 0 Å². The van der Waals surface area contributed by atoms with E-state index in [0.717, 1.165) is 5.56 Å². The highest BCUT2D eigenvalue weighted by molar-refractivity contribution is 6.33. The molecule has 1 saturated heterocycles. The molecule has 1 aromatic carbocycles. The summed E-state index contributed by atoms with van der Waals surface area (Å²) in [5.74, 6) is -0.116. The molecule has 6 heteroatoms. The Hall–Kier alpha value is -1.14. The molecule has 1 fully saturated rings. The van der Waals surface area contributed by atoms with Gasteiger partial charge in [-0.25, -0.2) is 0 Å². The number of carbonyl (C=O) groups excluding carboxylic acids is 1. The first kappa shape index (κ1) is 15.3. The molecule has 0 radical (unpaired) electrons. The van der Waals surface area contributed by atoms with E-state index in [1.165, 1.54) is 0 Å². The Kier molecular flexibility index (Phi) is 5.37. The summed E-state index contributed by atoms with van der Waals surface area (Å²) in [4.78, 5) is 14.0. The van der Waals surface area contributed by atoms with Crippen LogP contribution in [-0.4, -0.2) is 54.9 Å². The Bertz CT molecular complexity index is 481. The van der Waals surface area contributed by atoms with Gasteiger partial charge in [0.15, 0.2) is 0 Å². The SMILES string of the molecule is Cc1ccc(NC(=O)CN2CCOC(CO)C2)c(Cl)c1. The lowest BCUT2D eigenvalue weighted by atomic mass is 10.2. The van der Waals surface area contributed by atoms with Gasteiger partial charge in [-0.1, -0.05) is 17.7 Å². The standard InChI is InChI=1S/C14H19ClN2O3/c1-10-2-3-13(12(15)6-10)16-14(19)8-17-4-5-20-11(7-17)9-18/h2-3,6,11,18H,4-5,7-9H2,1H3,(H,16,19). The van der Waals surface area contributed by atoms with Crippen LogP contribution in [-0.2, 0) is 9.53 Å². The summed E-state index contributed by atoms with van der Waals surface area (Å²) in [6, 6.07) is 5.51. The molecule has 1 aliphatic rings. The van der Waals surface area contributed by atoms with Crippen molar-refractivity contribution in [3.63, 3.8) is 0 Å². The molecule has 1 aliphatic heterocycles. The summed E-state index contributed by atoms with van der Waals surface area (Å²) in [6.45, 7) is 3.97. The third-order valence-corrected chi connectivity index (χ3v) is 3.51. The number of aliphatic hydroxyl groups excluding tert-OH is 1. The Balaban J connectivity index is 1.88. The molecule has 1 atom stereocenters. The van der Waals surface area contributed by atoms with E-state index in [0.29, 0.717) is 30.4 Å². The zero-order valence-corrected chi connectivity index (χ0v) is 12.2. The molecule has 1 aromatic rings. The second-order valence-corrected chi connectivity index (χ2v) is 5.35. The highest BCUT2D eigenvalue weighted by Gasteiger charge is 2.21. The van der Waals surface area contributed by atoms with Crippen molar-refractivity contribution in [3.05, 3.63) is 28.8 Å². The summed E-state index contributed by atoms with van der Waals surface area (Å²) in [5.41, 5.74) is 1.67. The molecule has 0 aromatic heterocycles. The summed E-state index contributed by atoms with van der Waals surface area (Å²) in [7, 11) is 0. The van der Waals surface area contributed by atoms with E-state index in [9.17, 15) is 4.79 Å². The fourth-order valence-corrected chi connectivity index (χ4v) is 2.43. The van der Waals surface area contributed by atoms with Crippen molar-refractivity contribution < 1.29 is 14.6 Å². The number of hydrogen-bond donors (Lipinski definition) is 2. The second-order valence-electron chi connectivity index (χ2n) is 4.94. The van der Waals surface area contributed by atoms with Gasteiger partial charge in [-0.05, 0) is 24.6 Å².